The van der Waals surface area contributed by atoms with Crippen molar-refractivity contribution in [3.05, 3.63) is 65.0 Å². The van der Waals surface area contributed by atoms with Crippen LogP contribution >= 0.6 is 11.6 Å². The fourth-order valence-corrected chi connectivity index (χ4v) is 4.03. The molecule has 8 heteroatoms. The number of nitrogens with zero attached hydrogens (tertiary/aromatic N) is 3. The molecule has 0 aliphatic carbocycles. The van der Waals surface area contributed by atoms with Gasteiger partial charge in [0, 0.05) is 23.7 Å². The Balaban J connectivity index is 1.25. The molecule has 3 aromatic rings. The first-order valence-electron chi connectivity index (χ1n) is 10.8. The summed E-state index contributed by atoms with van der Waals surface area (Å²) < 4.78 is 10.6. The van der Waals surface area contributed by atoms with Crippen LogP contribution in [0.1, 0.15) is 24.3 Å². The predicted molar refractivity (Wildman–Crippen MR) is 122 cm³/mol. The summed E-state index contributed by atoms with van der Waals surface area (Å²) in [4.78, 5) is 19.4. The van der Waals surface area contributed by atoms with Gasteiger partial charge in [0.25, 0.3) is 0 Å². The fourth-order valence-electron chi connectivity index (χ4n) is 3.91. The zero-order valence-electron chi connectivity index (χ0n) is 18.1. The molecule has 0 spiro atoms. The van der Waals surface area contributed by atoms with E-state index in [0.717, 1.165) is 37.1 Å². The minimum absolute atomic E-state index is 0.0294. The Morgan fingerprint density at radius 2 is 2.00 bits per heavy atom. The number of piperidine rings is 1. The smallest absolute Gasteiger partial charge is 0.241 e. The number of carbonyl (C=O) groups excluding carboxylic acids is 1. The summed E-state index contributed by atoms with van der Waals surface area (Å²) in [6, 6.07) is 15.3. The van der Waals surface area contributed by atoms with Gasteiger partial charge in [0.05, 0.1) is 19.6 Å². The number of carbonyl (C=O) groups is 1. The largest absolute Gasteiger partial charge is 0.497 e. The molecule has 0 radical (unpaired) electrons. The van der Waals surface area contributed by atoms with E-state index in [9.17, 15) is 4.79 Å². The van der Waals surface area contributed by atoms with Crippen LogP contribution in [-0.2, 0) is 17.8 Å². The Bertz CT molecular complexity index is 1020. The lowest BCUT2D eigenvalue weighted by Crippen LogP contribution is -2.43. The van der Waals surface area contributed by atoms with E-state index in [1.54, 1.807) is 19.2 Å². The molecule has 1 saturated heterocycles. The lowest BCUT2D eigenvalue weighted by Gasteiger charge is -2.30. The van der Waals surface area contributed by atoms with E-state index in [2.05, 4.69) is 20.4 Å². The molecule has 1 amide bonds. The average molecular weight is 455 g/mol. The summed E-state index contributed by atoms with van der Waals surface area (Å²) in [7, 11) is 1.65. The second kappa shape index (κ2) is 10.6. The van der Waals surface area contributed by atoms with Gasteiger partial charge in [-0.3, -0.25) is 9.69 Å². The number of nitrogens with one attached hydrogen (secondary N) is 1. The van der Waals surface area contributed by atoms with Gasteiger partial charge in [0.1, 0.15) is 5.75 Å². The number of amides is 1. The van der Waals surface area contributed by atoms with Gasteiger partial charge in [-0.1, -0.05) is 28.9 Å². The Hall–Kier alpha value is -2.90. The Morgan fingerprint density at radius 3 is 2.75 bits per heavy atom. The third-order valence-corrected chi connectivity index (χ3v) is 5.93. The second-order valence-corrected chi connectivity index (χ2v) is 8.42. The number of benzene rings is 2. The van der Waals surface area contributed by atoms with Crippen LogP contribution in [0.3, 0.4) is 0 Å². The van der Waals surface area contributed by atoms with Crippen molar-refractivity contribution in [2.75, 3.05) is 26.7 Å². The van der Waals surface area contributed by atoms with E-state index in [4.69, 9.17) is 20.9 Å². The third kappa shape index (κ3) is 5.87. The third-order valence-electron chi connectivity index (χ3n) is 5.68. The van der Waals surface area contributed by atoms with Crippen LogP contribution in [0.15, 0.2) is 53.1 Å². The molecule has 1 fully saturated rings. The van der Waals surface area contributed by atoms with Gasteiger partial charge in [0.2, 0.25) is 17.6 Å². The number of likely N-dealkylation sites (tertiary alicyclic amines) is 1. The van der Waals surface area contributed by atoms with Crippen molar-refractivity contribution in [2.24, 2.45) is 5.92 Å². The summed E-state index contributed by atoms with van der Waals surface area (Å²) in [6.45, 7) is 2.76. The highest BCUT2D eigenvalue weighted by molar-refractivity contribution is 6.30. The topological polar surface area (TPSA) is 80.5 Å². The molecule has 0 saturated carbocycles. The minimum atomic E-state index is -0.0294. The first-order valence-corrected chi connectivity index (χ1v) is 11.2. The van der Waals surface area contributed by atoms with Gasteiger partial charge < -0.3 is 14.6 Å². The number of halogens is 1. The Labute approximate surface area is 192 Å². The van der Waals surface area contributed by atoms with Crippen LogP contribution in [0.25, 0.3) is 11.4 Å². The Morgan fingerprint density at radius 1 is 1.22 bits per heavy atom. The number of methoxy groups -OCH3 is 1. The molecule has 4 rings (SSSR count). The fraction of sp³-hybridized carbons (Fsp3) is 0.375. The van der Waals surface area contributed by atoms with Crippen molar-refractivity contribution in [3.63, 3.8) is 0 Å². The van der Waals surface area contributed by atoms with Crippen LogP contribution in [0.4, 0.5) is 0 Å². The lowest BCUT2D eigenvalue weighted by molar-refractivity contribution is -0.126. The molecular weight excluding hydrogens is 428 g/mol. The van der Waals surface area contributed by atoms with E-state index in [0.29, 0.717) is 36.4 Å². The van der Waals surface area contributed by atoms with Crippen molar-refractivity contribution in [3.8, 4) is 17.1 Å². The van der Waals surface area contributed by atoms with Crippen molar-refractivity contribution < 1.29 is 14.1 Å². The molecule has 1 atom stereocenters. The number of aromatic nitrogens is 2. The Kier molecular flexibility index (Phi) is 7.39. The first-order chi connectivity index (χ1) is 15.6. The second-order valence-electron chi connectivity index (χ2n) is 7.98. The van der Waals surface area contributed by atoms with Crippen molar-refractivity contribution in [2.45, 2.75) is 25.8 Å². The van der Waals surface area contributed by atoms with Gasteiger partial charge in [0.15, 0.2) is 0 Å². The van der Waals surface area contributed by atoms with Crippen LogP contribution < -0.4 is 10.1 Å². The van der Waals surface area contributed by atoms with Crippen molar-refractivity contribution in [1.29, 1.82) is 0 Å². The summed E-state index contributed by atoms with van der Waals surface area (Å²) in [5.41, 5.74) is 2.03. The van der Waals surface area contributed by atoms with Gasteiger partial charge >= 0.3 is 0 Å². The van der Waals surface area contributed by atoms with E-state index < -0.39 is 0 Å². The standard InChI is InChI=1S/C24H27ClN4O3/c1-31-21-10-4-17(5-11-21)12-13-26-24(30)19-3-2-14-29(15-19)16-22-27-23(28-32-22)18-6-8-20(25)9-7-18/h4-11,19H,2-3,12-16H2,1H3,(H,26,30). The molecule has 1 unspecified atom stereocenters. The molecule has 1 aromatic heterocycles. The summed E-state index contributed by atoms with van der Waals surface area (Å²) in [6.07, 6.45) is 2.65. The highest BCUT2D eigenvalue weighted by atomic mass is 35.5. The van der Waals surface area contributed by atoms with Crippen molar-refractivity contribution >= 4 is 17.5 Å². The summed E-state index contributed by atoms with van der Waals surface area (Å²) in [5.74, 6) is 2.01. The molecule has 7 nitrogen and oxygen atoms in total. The van der Waals surface area contributed by atoms with Gasteiger partial charge in [-0.25, -0.2) is 0 Å². The molecule has 32 heavy (non-hydrogen) atoms. The monoisotopic (exact) mass is 454 g/mol. The van der Waals surface area contributed by atoms with Crippen LogP contribution in [0.5, 0.6) is 5.75 Å². The van der Waals surface area contributed by atoms with E-state index in [1.165, 1.54) is 5.56 Å². The molecule has 2 heterocycles. The van der Waals surface area contributed by atoms with E-state index in [-0.39, 0.29) is 11.8 Å². The number of hydrogen-bond acceptors (Lipinski definition) is 6. The van der Waals surface area contributed by atoms with Crippen LogP contribution in [-0.4, -0.2) is 47.7 Å². The van der Waals surface area contributed by atoms with Gasteiger partial charge in [-0.05, 0) is 67.8 Å². The number of hydrogen-bond donors (Lipinski definition) is 1. The molecule has 2 aromatic carbocycles. The number of ether oxygens (including phenoxy) is 1. The number of rotatable bonds is 8. The molecule has 168 valence electrons. The first kappa shape index (κ1) is 22.3. The highest BCUT2D eigenvalue weighted by Gasteiger charge is 2.26. The zero-order valence-corrected chi connectivity index (χ0v) is 18.8. The van der Waals surface area contributed by atoms with Gasteiger partial charge in [-0.15, -0.1) is 0 Å². The average Bonchev–Trinajstić information content (AvgIpc) is 3.28. The SMILES string of the molecule is COc1ccc(CCNC(=O)C2CCCN(Cc3nc(-c4ccc(Cl)cc4)no3)C2)cc1. The van der Waals surface area contributed by atoms with E-state index in [1.807, 2.05) is 36.4 Å². The highest BCUT2D eigenvalue weighted by Crippen LogP contribution is 2.21. The lowest BCUT2D eigenvalue weighted by atomic mass is 9.97. The summed E-state index contributed by atoms with van der Waals surface area (Å²) in [5, 5.41) is 7.82. The minimum Gasteiger partial charge on any atom is -0.497 e. The van der Waals surface area contributed by atoms with Gasteiger partial charge in [-0.2, -0.15) is 4.98 Å². The maximum absolute atomic E-state index is 12.7. The van der Waals surface area contributed by atoms with Crippen LogP contribution in [0, 0.1) is 5.92 Å². The van der Waals surface area contributed by atoms with Crippen LogP contribution in [0.2, 0.25) is 5.02 Å². The normalized spacial score (nSPS) is 16.6. The quantitative estimate of drug-likeness (QED) is 0.554. The maximum Gasteiger partial charge on any atom is 0.241 e. The molecule has 1 aliphatic heterocycles. The maximum atomic E-state index is 12.7. The molecule has 1 aliphatic rings. The predicted octanol–water partition coefficient (Wildman–Crippen LogP) is 3.97. The molecule has 1 N–H and O–H groups in total. The zero-order chi connectivity index (χ0) is 22.3. The summed E-state index contributed by atoms with van der Waals surface area (Å²) >= 11 is 5.94. The molecular formula is C24H27ClN4O3. The van der Waals surface area contributed by atoms with E-state index >= 15 is 0 Å². The van der Waals surface area contributed by atoms with Crippen molar-refractivity contribution in [1.82, 2.24) is 20.4 Å². The molecule has 0 bridgehead atoms.